The molecule has 8 nitrogen and oxygen atoms in total. The molecule has 0 saturated heterocycles. The van der Waals surface area contributed by atoms with Gasteiger partial charge in [0.05, 0.1) is 22.4 Å². The zero-order chi connectivity index (χ0) is 23.5. The molecule has 0 aromatic heterocycles. The fourth-order valence-corrected chi connectivity index (χ4v) is 3.46. The predicted octanol–water partition coefficient (Wildman–Crippen LogP) is 4.57. The monoisotopic (exact) mass is 439 g/mol. The number of carbonyl (C=O) groups excluding carboxylic acids is 2. The SMILES string of the molecule is CC(C)CCN1C(=O)C(C)(C)COc2ccc(NC(=O)Cc3ccc([N+](=O)[O-])cc3)cc21. The lowest BCUT2D eigenvalue weighted by Crippen LogP contribution is -2.42. The Bertz CT molecular complexity index is 1010. The first-order valence-corrected chi connectivity index (χ1v) is 10.7. The van der Waals surface area contributed by atoms with Crippen molar-refractivity contribution >= 4 is 28.9 Å². The highest BCUT2D eigenvalue weighted by Crippen LogP contribution is 2.38. The van der Waals surface area contributed by atoms with Crippen molar-refractivity contribution in [2.24, 2.45) is 11.3 Å². The molecule has 170 valence electrons. The van der Waals surface area contributed by atoms with Crippen LogP contribution >= 0.6 is 0 Å². The molecule has 0 atom stereocenters. The molecule has 0 spiro atoms. The van der Waals surface area contributed by atoms with Gasteiger partial charge in [-0.1, -0.05) is 26.0 Å². The van der Waals surface area contributed by atoms with E-state index in [0.717, 1.165) is 6.42 Å². The second-order valence-corrected chi connectivity index (χ2v) is 9.14. The first kappa shape index (κ1) is 23.2. The second-order valence-electron chi connectivity index (χ2n) is 9.14. The number of nitro groups is 1. The fourth-order valence-electron chi connectivity index (χ4n) is 3.46. The summed E-state index contributed by atoms with van der Waals surface area (Å²) >= 11 is 0. The van der Waals surface area contributed by atoms with Gasteiger partial charge in [-0.15, -0.1) is 0 Å². The summed E-state index contributed by atoms with van der Waals surface area (Å²) in [5, 5.41) is 13.6. The van der Waals surface area contributed by atoms with Crippen LogP contribution in [0.2, 0.25) is 0 Å². The molecule has 1 heterocycles. The molecular formula is C24H29N3O5. The van der Waals surface area contributed by atoms with E-state index < -0.39 is 10.3 Å². The number of ether oxygens (including phenoxy) is 1. The maximum Gasteiger partial charge on any atom is 0.269 e. The number of hydrogen-bond acceptors (Lipinski definition) is 5. The molecule has 1 N–H and O–H groups in total. The van der Waals surface area contributed by atoms with Crippen LogP contribution < -0.4 is 15.0 Å². The normalized spacial score (nSPS) is 15.0. The summed E-state index contributed by atoms with van der Waals surface area (Å²) in [7, 11) is 0. The van der Waals surface area contributed by atoms with Gasteiger partial charge < -0.3 is 15.0 Å². The third-order valence-corrected chi connectivity index (χ3v) is 5.39. The van der Waals surface area contributed by atoms with E-state index >= 15 is 0 Å². The zero-order valence-electron chi connectivity index (χ0n) is 18.9. The molecular weight excluding hydrogens is 410 g/mol. The quantitative estimate of drug-likeness (QED) is 0.503. The second kappa shape index (κ2) is 9.38. The summed E-state index contributed by atoms with van der Waals surface area (Å²) in [6.45, 7) is 8.81. The van der Waals surface area contributed by atoms with E-state index in [1.807, 2.05) is 13.8 Å². The number of nitrogens with zero attached hydrogens (tertiary/aromatic N) is 2. The maximum absolute atomic E-state index is 13.2. The van der Waals surface area contributed by atoms with Gasteiger partial charge in [0, 0.05) is 24.4 Å². The zero-order valence-corrected chi connectivity index (χ0v) is 18.9. The molecule has 2 aromatic carbocycles. The Morgan fingerprint density at radius 2 is 1.91 bits per heavy atom. The van der Waals surface area contributed by atoms with Crippen molar-refractivity contribution < 1.29 is 19.2 Å². The lowest BCUT2D eigenvalue weighted by atomic mass is 9.92. The average Bonchev–Trinajstić information content (AvgIpc) is 2.81. The summed E-state index contributed by atoms with van der Waals surface area (Å²) < 4.78 is 5.93. The van der Waals surface area contributed by atoms with Crippen LogP contribution in [0.15, 0.2) is 42.5 Å². The van der Waals surface area contributed by atoms with E-state index in [4.69, 9.17) is 4.74 Å². The molecule has 0 unspecified atom stereocenters. The molecule has 1 aliphatic heterocycles. The predicted molar refractivity (Wildman–Crippen MR) is 123 cm³/mol. The Hall–Kier alpha value is -3.42. The topological polar surface area (TPSA) is 102 Å². The number of benzene rings is 2. The highest BCUT2D eigenvalue weighted by Gasteiger charge is 2.37. The van der Waals surface area contributed by atoms with Gasteiger partial charge in [-0.2, -0.15) is 0 Å². The summed E-state index contributed by atoms with van der Waals surface area (Å²) in [6.07, 6.45) is 0.923. The fraction of sp³-hybridized carbons (Fsp3) is 0.417. The summed E-state index contributed by atoms with van der Waals surface area (Å²) in [6, 6.07) is 11.2. The molecule has 8 heteroatoms. The minimum Gasteiger partial charge on any atom is -0.490 e. The maximum atomic E-state index is 13.2. The number of hydrogen-bond donors (Lipinski definition) is 1. The molecule has 2 aromatic rings. The van der Waals surface area contributed by atoms with Crippen molar-refractivity contribution in [1.82, 2.24) is 0 Å². The molecule has 0 aliphatic carbocycles. The average molecular weight is 440 g/mol. The summed E-state index contributed by atoms with van der Waals surface area (Å²) in [5.41, 5.74) is 1.20. The van der Waals surface area contributed by atoms with Crippen LogP contribution in [0, 0.1) is 21.4 Å². The van der Waals surface area contributed by atoms with Gasteiger partial charge in [0.2, 0.25) is 11.8 Å². The van der Waals surface area contributed by atoms with Gasteiger partial charge in [-0.05, 0) is 49.9 Å². The van der Waals surface area contributed by atoms with Gasteiger partial charge in [-0.3, -0.25) is 19.7 Å². The first-order chi connectivity index (χ1) is 15.1. The highest BCUT2D eigenvalue weighted by molar-refractivity contribution is 6.00. The number of nitro benzene ring substituents is 1. The molecule has 3 rings (SSSR count). The Morgan fingerprint density at radius 1 is 1.22 bits per heavy atom. The third kappa shape index (κ3) is 5.43. The van der Waals surface area contributed by atoms with Crippen molar-refractivity contribution in [2.45, 2.75) is 40.5 Å². The third-order valence-electron chi connectivity index (χ3n) is 5.39. The molecule has 2 amide bonds. The van der Waals surface area contributed by atoms with Gasteiger partial charge in [0.1, 0.15) is 12.4 Å². The molecule has 1 aliphatic rings. The highest BCUT2D eigenvalue weighted by atomic mass is 16.6. The molecule has 32 heavy (non-hydrogen) atoms. The minimum absolute atomic E-state index is 0.00810. The number of anilines is 2. The summed E-state index contributed by atoms with van der Waals surface area (Å²) in [5.74, 6) is 0.782. The molecule has 0 saturated carbocycles. The Balaban J connectivity index is 1.79. The van der Waals surface area contributed by atoms with Crippen molar-refractivity contribution in [3.05, 3.63) is 58.1 Å². The van der Waals surface area contributed by atoms with Crippen molar-refractivity contribution in [3.8, 4) is 5.75 Å². The number of rotatable bonds is 7. The number of carbonyl (C=O) groups is 2. The van der Waals surface area contributed by atoms with Crippen LogP contribution in [0.1, 0.15) is 39.7 Å². The van der Waals surface area contributed by atoms with Crippen LogP contribution in [0.4, 0.5) is 17.1 Å². The Labute approximate surface area is 187 Å². The number of amides is 2. The minimum atomic E-state index is -0.657. The van der Waals surface area contributed by atoms with Crippen molar-refractivity contribution in [3.63, 3.8) is 0 Å². The Morgan fingerprint density at radius 3 is 2.53 bits per heavy atom. The summed E-state index contributed by atoms with van der Waals surface area (Å²) in [4.78, 5) is 37.8. The van der Waals surface area contributed by atoms with E-state index in [2.05, 4.69) is 19.2 Å². The van der Waals surface area contributed by atoms with E-state index in [9.17, 15) is 19.7 Å². The first-order valence-electron chi connectivity index (χ1n) is 10.7. The van der Waals surface area contributed by atoms with Crippen LogP contribution in [-0.2, 0) is 16.0 Å². The van der Waals surface area contributed by atoms with E-state index in [1.54, 1.807) is 35.2 Å². The Kier molecular flexibility index (Phi) is 6.81. The van der Waals surface area contributed by atoms with E-state index in [-0.39, 0.29) is 30.5 Å². The molecule has 0 bridgehead atoms. The van der Waals surface area contributed by atoms with E-state index in [0.29, 0.717) is 35.2 Å². The van der Waals surface area contributed by atoms with Gasteiger partial charge >= 0.3 is 0 Å². The van der Waals surface area contributed by atoms with Crippen LogP contribution in [0.3, 0.4) is 0 Å². The standard InChI is InChI=1S/C24H29N3O5/c1-16(2)11-12-26-20-14-18(7-10-21(20)32-15-24(3,4)23(26)29)25-22(28)13-17-5-8-19(9-6-17)27(30)31/h5-10,14,16H,11-13,15H2,1-4H3,(H,25,28). The lowest BCUT2D eigenvalue weighted by Gasteiger charge is -2.28. The number of non-ortho nitro benzene ring substituents is 1. The molecule has 0 fully saturated rings. The number of nitrogens with one attached hydrogen (secondary N) is 1. The lowest BCUT2D eigenvalue weighted by molar-refractivity contribution is -0.384. The van der Waals surface area contributed by atoms with Gasteiger partial charge in [-0.25, -0.2) is 0 Å². The largest absolute Gasteiger partial charge is 0.490 e. The molecule has 0 radical (unpaired) electrons. The number of fused-ring (bicyclic) bond motifs is 1. The van der Waals surface area contributed by atoms with Crippen molar-refractivity contribution in [1.29, 1.82) is 0 Å². The van der Waals surface area contributed by atoms with Gasteiger partial charge in [0.25, 0.3) is 5.69 Å². The van der Waals surface area contributed by atoms with Gasteiger partial charge in [0.15, 0.2) is 0 Å². The van der Waals surface area contributed by atoms with Crippen LogP contribution in [0.25, 0.3) is 0 Å². The van der Waals surface area contributed by atoms with Crippen LogP contribution in [0.5, 0.6) is 5.75 Å². The van der Waals surface area contributed by atoms with Crippen LogP contribution in [-0.4, -0.2) is 29.9 Å². The smallest absolute Gasteiger partial charge is 0.269 e. The van der Waals surface area contributed by atoms with E-state index in [1.165, 1.54) is 12.1 Å². The van der Waals surface area contributed by atoms with Crippen molar-refractivity contribution in [2.75, 3.05) is 23.4 Å².